The van der Waals surface area contributed by atoms with E-state index < -0.39 is 57.8 Å². The van der Waals surface area contributed by atoms with Gasteiger partial charge in [-0.2, -0.15) is 0 Å². The molecule has 0 aliphatic heterocycles. The molecule has 0 fully saturated rings. The van der Waals surface area contributed by atoms with E-state index in [1.165, 1.54) is 103 Å². The zero-order valence-electron chi connectivity index (χ0n) is 51.3. The predicted molar refractivity (Wildman–Crippen MR) is 334 cm³/mol. The van der Waals surface area contributed by atoms with Gasteiger partial charge in [0.25, 0.3) is 0 Å². The van der Waals surface area contributed by atoms with E-state index in [0.717, 1.165) is 128 Å². The molecule has 0 rings (SSSR count). The highest BCUT2D eigenvalue weighted by molar-refractivity contribution is 7.47. The average molecular weight is 1140 g/mol. The number of aliphatic hydroxyl groups is 1. The van der Waals surface area contributed by atoms with Gasteiger partial charge in [0.15, 0.2) is 6.10 Å². The number of allylic oxidation sites excluding steroid dienone is 14. The number of hydrogen-bond acceptors (Lipinski definition) is 10. The fourth-order valence-electron chi connectivity index (χ4n) is 8.78. The van der Waals surface area contributed by atoms with Gasteiger partial charge in [-0.1, -0.05) is 234 Å². The maximum Gasteiger partial charge on any atom is 0.472 e. The van der Waals surface area contributed by atoms with Crippen LogP contribution in [0, 0.1) is 0 Å². The van der Waals surface area contributed by atoms with Crippen LogP contribution in [0.25, 0.3) is 0 Å². The number of phosphoric acid groups is 1. The summed E-state index contributed by atoms with van der Waals surface area (Å²) in [6.07, 6.45) is 72.4. The van der Waals surface area contributed by atoms with E-state index >= 15 is 0 Å². The number of aliphatic hydroxyl groups excluding tert-OH is 1. The van der Waals surface area contributed by atoms with Gasteiger partial charge in [-0.25, -0.2) is 4.57 Å². The summed E-state index contributed by atoms with van der Waals surface area (Å²) in [5, 5.41) is 9.85. The molecule has 11 nitrogen and oxygen atoms in total. The summed E-state index contributed by atoms with van der Waals surface area (Å²) in [5.41, 5.74) is 0. The van der Waals surface area contributed by atoms with Gasteiger partial charge < -0.3 is 24.2 Å². The quantitative estimate of drug-likeness (QED) is 0.0197. The van der Waals surface area contributed by atoms with Crippen LogP contribution in [0.3, 0.4) is 0 Å². The van der Waals surface area contributed by atoms with Gasteiger partial charge >= 0.3 is 25.7 Å². The molecule has 80 heavy (non-hydrogen) atoms. The van der Waals surface area contributed by atoms with Crippen LogP contribution in [0.15, 0.2) is 85.1 Å². The van der Waals surface area contributed by atoms with Crippen molar-refractivity contribution in [3.8, 4) is 0 Å². The van der Waals surface area contributed by atoms with Gasteiger partial charge in [0.1, 0.15) is 12.7 Å². The van der Waals surface area contributed by atoms with E-state index in [4.69, 9.17) is 23.3 Å². The van der Waals surface area contributed by atoms with E-state index in [1.807, 2.05) is 0 Å². The molecule has 462 valence electrons. The zero-order chi connectivity index (χ0) is 58.3. The molecule has 0 bridgehead atoms. The Kier molecular flexibility index (Phi) is 59.1. The van der Waals surface area contributed by atoms with Crippen LogP contribution in [-0.4, -0.2) is 66.5 Å². The van der Waals surface area contributed by atoms with Crippen molar-refractivity contribution >= 4 is 25.7 Å². The second kappa shape index (κ2) is 61.7. The Labute approximate surface area is 490 Å². The molecule has 0 aromatic rings. The molecule has 0 aromatic carbocycles. The summed E-state index contributed by atoms with van der Waals surface area (Å²) in [4.78, 5) is 48.8. The van der Waals surface area contributed by atoms with Gasteiger partial charge in [0, 0.05) is 19.3 Å². The van der Waals surface area contributed by atoms with Crippen molar-refractivity contribution in [3.63, 3.8) is 0 Å². The Hall–Kier alpha value is -3.34. The van der Waals surface area contributed by atoms with Crippen molar-refractivity contribution in [1.29, 1.82) is 0 Å². The van der Waals surface area contributed by atoms with Crippen molar-refractivity contribution in [3.05, 3.63) is 85.1 Å². The number of hydrogen-bond donors (Lipinski definition) is 2. The van der Waals surface area contributed by atoms with Crippen molar-refractivity contribution in [2.75, 3.05) is 26.4 Å². The van der Waals surface area contributed by atoms with Crippen molar-refractivity contribution in [1.82, 2.24) is 0 Å². The highest BCUT2D eigenvalue weighted by Gasteiger charge is 2.28. The zero-order valence-corrected chi connectivity index (χ0v) is 52.2. The predicted octanol–water partition coefficient (Wildman–Crippen LogP) is 19.8. The number of esters is 3. The largest absolute Gasteiger partial charge is 0.472 e. The van der Waals surface area contributed by atoms with E-state index in [2.05, 4.69) is 106 Å². The lowest BCUT2D eigenvalue weighted by molar-refractivity contribution is -0.161. The number of carbonyl (C=O) groups is 3. The van der Waals surface area contributed by atoms with Crippen molar-refractivity contribution < 1.29 is 52.2 Å². The lowest BCUT2D eigenvalue weighted by atomic mass is 10.1. The number of rotatable bonds is 60. The fraction of sp³-hybridized carbons (Fsp3) is 0.750. The Balaban J connectivity index is 4.75. The Morgan fingerprint density at radius 2 is 0.613 bits per heavy atom. The molecule has 0 aliphatic rings. The topological polar surface area (TPSA) is 155 Å². The first kappa shape index (κ1) is 76.7. The molecule has 2 N–H and O–H groups in total. The molecule has 0 saturated carbocycles. The third-order valence-electron chi connectivity index (χ3n) is 13.8. The molecule has 0 amide bonds. The minimum atomic E-state index is -4.76. The normalized spacial score (nSPS) is 13.8. The second-order valence-electron chi connectivity index (χ2n) is 21.6. The molecule has 3 atom stereocenters. The molecular weight excluding hydrogens is 1020 g/mol. The summed E-state index contributed by atoms with van der Waals surface area (Å²) in [6, 6.07) is 0. The highest BCUT2D eigenvalue weighted by atomic mass is 31.2. The van der Waals surface area contributed by atoms with Gasteiger partial charge in [0.2, 0.25) is 0 Å². The molecule has 0 aliphatic carbocycles. The number of carbonyl (C=O) groups excluding carboxylic acids is 3. The monoisotopic (exact) mass is 1140 g/mol. The summed E-state index contributed by atoms with van der Waals surface area (Å²) >= 11 is 0. The van der Waals surface area contributed by atoms with Gasteiger partial charge in [-0.3, -0.25) is 23.4 Å². The van der Waals surface area contributed by atoms with Crippen LogP contribution >= 0.6 is 7.82 Å². The number of unbranched alkanes of at least 4 members (excludes halogenated alkanes) is 29. The van der Waals surface area contributed by atoms with E-state index in [1.54, 1.807) is 0 Å². The van der Waals surface area contributed by atoms with Gasteiger partial charge in [0.05, 0.1) is 19.8 Å². The molecule has 12 heteroatoms. The molecule has 3 unspecified atom stereocenters. The lowest BCUT2D eigenvalue weighted by Gasteiger charge is -2.21. The fourth-order valence-corrected chi connectivity index (χ4v) is 9.56. The summed E-state index contributed by atoms with van der Waals surface area (Å²) < 4.78 is 39.7. The number of ether oxygens (including phenoxy) is 3. The standard InChI is InChI=1S/C68H119O11P/c1-4-7-10-13-16-19-22-25-28-30-32-34-37-39-42-45-48-51-54-57-66(70)75-61-65(79-68(72)59-56-53-50-47-44-41-38-35-33-31-29-26-23-20-17-14-11-8-5-2)63-77-80(73,74)76-62-64(60-69)78-67(71)58-55-52-49-46-43-40-36-27-24-21-18-15-12-9-6-3/h16-21,25-29,32,34,36,64-65,69H,4-15,22-24,30-31,33,35,37-63H2,1-3H3,(H,73,74)/b19-16-,20-17-,21-18-,28-25-,29-26-,34-32-,36-27-. The highest BCUT2D eigenvalue weighted by Crippen LogP contribution is 2.43. The SMILES string of the molecule is CCCCC/C=C\C/C=C\C/C=C\CCCCCCCCC(=O)OCC(COP(=O)(O)OCC(CO)OC(=O)CCCCCCC/C=C\C/C=C\CCCCC)OC(=O)CCCCCCCCCCC/C=C\C/C=C\CCCCC. The first-order valence-electron chi connectivity index (χ1n) is 32.5. The summed E-state index contributed by atoms with van der Waals surface area (Å²) in [6.45, 7) is 4.57. The van der Waals surface area contributed by atoms with Crippen LogP contribution in [0.4, 0.5) is 0 Å². The maximum absolute atomic E-state index is 13.0. The summed E-state index contributed by atoms with van der Waals surface area (Å²) in [5.74, 6) is -1.49. The van der Waals surface area contributed by atoms with E-state index in [0.29, 0.717) is 19.3 Å². The van der Waals surface area contributed by atoms with Crippen LogP contribution < -0.4 is 0 Å². The number of phosphoric ester groups is 1. The van der Waals surface area contributed by atoms with Crippen molar-refractivity contribution in [2.45, 2.75) is 303 Å². The molecular formula is C68H119O11P. The average Bonchev–Trinajstić information content (AvgIpc) is 3.45. The summed E-state index contributed by atoms with van der Waals surface area (Å²) in [7, 11) is -4.76. The van der Waals surface area contributed by atoms with Crippen LogP contribution in [-0.2, 0) is 42.2 Å². The van der Waals surface area contributed by atoms with E-state index in [-0.39, 0.29) is 25.9 Å². The molecule has 0 saturated heterocycles. The van der Waals surface area contributed by atoms with Crippen LogP contribution in [0.5, 0.6) is 0 Å². The minimum Gasteiger partial charge on any atom is -0.462 e. The third-order valence-corrected chi connectivity index (χ3v) is 14.7. The van der Waals surface area contributed by atoms with Crippen LogP contribution in [0.1, 0.15) is 290 Å². The Morgan fingerprint density at radius 3 is 0.938 bits per heavy atom. The first-order valence-corrected chi connectivity index (χ1v) is 34.0. The Bertz CT molecular complexity index is 1670. The van der Waals surface area contributed by atoms with Gasteiger partial charge in [-0.05, 0) is 122 Å². The lowest BCUT2D eigenvalue weighted by Crippen LogP contribution is -2.30. The first-order chi connectivity index (χ1) is 39.2. The second-order valence-corrected chi connectivity index (χ2v) is 23.0. The smallest absolute Gasteiger partial charge is 0.462 e. The third kappa shape index (κ3) is 59.3. The molecule has 0 radical (unpaired) electrons. The molecule has 0 spiro atoms. The van der Waals surface area contributed by atoms with E-state index in [9.17, 15) is 28.9 Å². The minimum absolute atomic E-state index is 0.156. The van der Waals surface area contributed by atoms with Gasteiger partial charge in [-0.15, -0.1) is 0 Å². The molecule has 0 aromatic heterocycles. The molecule has 0 heterocycles. The van der Waals surface area contributed by atoms with Crippen LogP contribution in [0.2, 0.25) is 0 Å². The maximum atomic E-state index is 13.0. The Morgan fingerprint density at radius 1 is 0.350 bits per heavy atom. The van der Waals surface area contributed by atoms with Crippen molar-refractivity contribution in [2.24, 2.45) is 0 Å².